The van der Waals surface area contributed by atoms with Gasteiger partial charge in [0.1, 0.15) is 21.8 Å². The molecule has 0 radical (unpaired) electrons. The largest absolute Gasteiger partial charge is 0.495 e. The van der Waals surface area contributed by atoms with Crippen LogP contribution in [0.15, 0.2) is 16.6 Å². The van der Waals surface area contributed by atoms with Gasteiger partial charge >= 0.3 is 0 Å². The fourth-order valence-corrected chi connectivity index (χ4v) is 2.07. The Morgan fingerprint density at radius 3 is 2.47 bits per heavy atom. The lowest BCUT2D eigenvalue weighted by Gasteiger charge is -2.12. The molecule has 0 amide bonds. The highest BCUT2D eigenvalue weighted by atomic mass is 79.9. The summed E-state index contributed by atoms with van der Waals surface area (Å²) in [5, 5.41) is 0. The van der Waals surface area contributed by atoms with Gasteiger partial charge in [0.05, 0.1) is 14.2 Å². The Morgan fingerprint density at radius 1 is 1.33 bits per heavy atom. The second-order valence-corrected chi connectivity index (χ2v) is 3.95. The van der Waals surface area contributed by atoms with Crippen LogP contribution in [0.2, 0.25) is 0 Å². The minimum Gasteiger partial charge on any atom is -0.495 e. The summed E-state index contributed by atoms with van der Waals surface area (Å²) in [6.07, 6.45) is 0.367. The second kappa shape index (κ2) is 5.16. The second-order valence-electron chi connectivity index (χ2n) is 3.15. The average molecular weight is 273 g/mol. The molecule has 1 aromatic rings. The molecule has 15 heavy (non-hydrogen) atoms. The summed E-state index contributed by atoms with van der Waals surface area (Å²) >= 11 is 3.38. The highest BCUT2D eigenvalue weighted by Gasteiger charge is 2.13. The smallest absolute Gasteiger partial charge is 0.140 e. The lowest BCUT2D eigenvalue weighted by molar-refractivity contribution is -0.116. The number of carbonyl (C=O) groups excluding carboxylic acids is 1. The van der Waals surface area contributed by atoms with Crippen LogP contribution < -0.4 is 9.47 Å². The fraction of sp³-hybridized carbons (Fsp3) is 0.364. The third-order valence-corrected chi connectivity index (χ3v) is 2.76. The molecule has 82 valence electrons. The van der Waals surface area contributed by atoms with E-state index in [9.17, 15) is 4.79 Å². The molecule has 0 aliphatic rings. The number of Topliss-reactive ketones (excluding diaryl/α,β-unsaturated/α-hetero) is 1. The first-order valence-electron chi connectivity index (χ1n) is 4.49. The van der Waals surface area contributed by atoms with Gasteiger partial charge < -0.3 is 9.47 Å². The average Bonchev–Trinajstić information content (AvgIpc) is 2.18. The van der Waals surface area contributed by atoms with Crippen LogP contribution in [-0.4, -0.2) is 20.0 Å². The molecule has 0 bridgehead atoms. The summed E-state index contributed by atoms with van der Waals surface area (Å²) < 4.78 is 11.1. The molecule has 0 heterocycles. The van der Waals surface area contributed by atoms with E-state index < -0.39 is 0 Å². The molecule has 0 spiro atoms. The van der Waals surface area contributed by atoms with Gasteiger partial charge in [-0.25, -0.2) is 0 Å². The van der Waals surface area contributed by atoms with Gasteiger partial charge in [-0.05, 0) is 28.9 Å². The summed E-state index contributed by atoms with van der Waals surface area (Å²) in [4.78, 5) is 11.0. The van der Waals surface area contributed by atoms with Gasteiger partial charge in [0.15, 0.2) is 0 Å². The maximum Gasteiger partial charge on any atom is 0.140 e. The van der Waals surface area contributed by atoms with Gasteiger partial charge in [-0.2, -0.15) is 0 Å². The first-order valence-corrected chi connectivity index (χ1v) is 5.28. The van der Waals surface area contributed by atoms with Gasteiger partial charge in [0, 0.05) is 12.0 Å². The molecule has 0 aliphatic heterocycles. The number of hydrogen-bond acceptors (Lipinski definition) is 3. The molecule has 0 saturated carbocycles. The van der Waals surface area contributed by atoms with Crippen LogP contribution >= 0.6 is 15.9 Å². The zero-order chi connectivity index (χ0) is 11.4. The fourth-order valence-electron chi connectivity index (χ4n) is 1.36. The van der Waals surface area contributed by atoms with E-state index in [0.29, 0.717) is 17.9 Å². The van der Waals surface area contributed by atoms with Crippen molar-refractivity contribution in [3.05, 3.63) is 22.2 Å². The zero-order valence-corrected chi connectivity index (χ0v) is 10.6. The van der Waals surface area contributed by atoms with E-state index in [0.717, 1.165) is 10.0 Å². The first-order chi connectivity index (χ1) is 7.10. The molecule has 0 saturated heterocycles. The molecular formula is C11H13BrO3. The van der Waals surface area contributed by atoms with Crippen molar-refractivity contribution >= 4 is 21.7 Å². The molecule has 1 rings (SSSR count). The number of halogens is 1. The normalized spacial score (nSPS) is 9.87. The Labute approximate surface area is 97.5 Å². The van der Waals surface area contributed by atoms with Gasteiger partial charge in [0.2, 0.25) is 0 Å². The molecule has 0 aromatic heterocycles. The third kappa shape index (κ3) is 2.72. The van der Waals surface area contributed by atoms with Crippen LogP contribution in [0.1, 0.15) is 12.5 Å². The number of ether oxygens (including phenoxy) is 2. The van der Waals surface area contributed by atoms with Gasteiger partial charge in [-0.3, -0.25) is 4.79 Å². The Bertz CT molecular complexity index is 374. The Balaban J connectivity index is 3.18. The van der Waals surface area contributed by atoms with Crippen LogP contribution in [0, 0.1) is 0 Å². The van der Waals surface area contributed by atoms with Crippen LogP contribution in [0.25, 0.3) is 0 Å². The number of ketones is 1. The third-order valence-electron chi connectivity index (χ3n) is 2.01. The van der Waals surface area contributed by atoms with E-state index in [2.05, 4.69) is 15.9 Å². The summed E-state index contributed by atoms with van der Waals surface area (Å²) in [7, 11) is 3.16. The molecule has 4 heteroatoms. The summed E-state index contributed by atoms with van der Waals surface area (Å²) in [6, 6.07) is 3.65. The van der Waals surface area contributed by atoms with E-state index >= 15 is 0 Å². The molecule has 0 atom stereocenters. The molecule has 3 nitrogen and oxygen atoms in total. The SMILES string of the molecule is COc1ccc(CC(C)=O)c(OC)c1Br. The van der Waals surface area contributed by atoms with Crippen molar-refractivity contribution in [3.63, 3.8) is 0 Å². The maximum absolute atomic E-state index is 11.0. The Morgan fingerprint density at radius 2 is 2.00 bits per heavy atom. The quantitative estimate of drug-likeness (QED) is 0.845. The standard InChI is InChI=1S/C11H13BrO3/c1-7(13)6-8-4-5-9(14-2)10(12)11(8)15-3/h4-5H,6H2,1-3H3. The molecule has 0 unspecified atom stereocenters. The van der Waals surface area contributed by atoms with Crippen LogP contribution in [0.3, 0.4) is 0 Å². The minimum atomic E-state index is 0.102. The Kier molecular flexibility index (Phi) is 4.15. The molecule has 0 N–H and O–H groups in total. The van der Waals surface area contributed by atoms with Gasteiger partial charge in [-0.15, -0.1) is 0 Å². The van der Waals surface area contributed by atoms with E-state index in [-0.39, 0.29) is 5.78 Å². The predicted octanol–water partition coefficient (Wildman–Crippen LogP) is 2.60. The van der Waals surface area contributed by atoms with E-state index in [1.807, 2.05) is 12.1 Å². The van der Waals surface area contributed by atoms with Crippen LogP contribution in [0.5, 0.6) is 11.5 Å². The molecular weight excluding hydrogens is 260 g/mol. The van der Waals surface area contributed by atoms with Crippen LogP contribution in [-0.2, 0) is 11.2 Å². The van der Waals surface area contributed by atoms with Crippen molar-refractivity contribution in [2.24, 2.45) is 0 Å². The van der Waals surface area contributed by atoms with E-state index in [4.69, 9.17) is 9.47 Å². The highest BCUT2D eigenvalue weighted by molar-refractivity contribution is 9.10. The lowest BCUT2D eigenvalue weighted by Crippen LogP contribution is -2.01. The number of rotatable bonds is 4. The van der Waals surface area contributed by atoms with Crippen molar-refractivity contribution in [3.8, 4) is 11.5 Å². The van der Waals surface area contributed by atoms with Gasteiger partial charge in [0.25, 0.3) is 0 Å². The summed E-state index contributed by atoms with van der Waals surface area (Å²) in [5.41, 5.74) is 0.859. The number of carbonyl (C=O) groups is 1. The van der Waals surface area contributed by atoms with Crippen molar-refractivity contribution in [2.75, 3.05) is 14.2 Å². The lowest BCUT2D eigenvalue weighted by atomic mass is 10.1. The number of methoxy groups -OCH3 is 2. The van der Waals surface area contributed by atoms with E-state index in [1.54, 1.807) is 21.1 Å². The van der Waals surface area contributed by atoms with E-state index in [1.165, 1.54) is 0 Å². The zero-order valence-electron chi connectivity index (χ0n) is 8.96. The molecule has 0 aliphatic carbocycles. The van der Waals surface area contributed by atoms with Gasteiger partial charge in [-0.1, -0.05) is 6.07 Å². The topological polar surface area (TPSA) is 35.5 Å². The minimum absolute atomic E-state index is 0.102. The molecule has 1 aromatic carbocycles. The van der Waals surface area contributed by atoms with Crippen molar-refractivity contribution in [2.45, 2.75) is 13.3 Å². The number of hydrogen-bond donors (Lipinski definition) is 0. The van der Waals surface area contributed by atoms with Crippen LogP contribution in [0.4, 0.5) is 0 Å². The number of benzene rings is 1. The van der Waals surface area contributed by atoms with Crippen molar-refractivity contribution in [1.82, 2.24) is 0 Å². The molecule has 0 fully saturated rings. The van der Waals surface area contributed by atoms with Crippen molar-refractivity contribution < 1.29 is 14.3 Å². The monoisotopic (exact) mass is 272 g/mol. The maximum atomic E-state index is 11.0. The Hall–Kier alpha value is -1.03. The highest BCUT2D eigenvalue weighted by Crippen LogP contribution is 2.37. The summed E-state index contributed by atoms with van der Waals surface area (Å²) in [6.45, 7) is 1.55. The predicted molar refractivity (Wildman–Crippen MR) is 61.6 cm³/mol. The summed E-state index contributed by atoms with van der Waals surface area (Å²) in [5.74, 6) is 1.45. The first kappa shape index (κ1) is 12.0. The van der Waals surface area contributed by atoms with Crippen molar-refractivity contribution in [1.29, 1.82) is 0 Å².